The van der Waals surface area contributed by atoms with Crippen molar-refractivity contribution in [1.29, 1.82) is 0 Å². The molecule has 0 saturated carbocycles. The SMILES string of the molecule is Cc1ccc2nc(-c3cccc(-c4nc5ccc(C)cc5[nH]4)n3)[nH]c2c1. The fraction of sp³-hybridized carbons (Fsp3) is 0.0952. The van der Waals surface area contributed by atoms with Gasteiger partial charge in [0, 0.05) is 0 Å². The summed E-state index contributed by atoms with van der Waals surface area (Å²) in [7, 11) is 0. The molecule has 0 aliphatic heterocycles. The summed E-state index contributed by atoms with van der Waals surface area (Å²) in [6, 6.07) is 18.3. The smallest absolute Gasteiger partial charge is 0.157 e. The van der Waals surface area contributed by atoms with E-state index >= 15 is 0 Å². The number of hydrogen-bond acceptors (Lipinski definition) is 3. The molecule has 0 bridgehead atoms. The second-order valence-electron chi connectivity index (χ2n) is 6.62. The van der Waals surface area contributed by atoms with Crippen molar-refractivity contribution in [3.63, 3.8) is 0 Å². The van der Waals surface area contributed by atoms with Crippen LogP contribution in [-0.2, 0) is 0 Å². The minimum Gasteiger partial charge on any atom is -0.337 e. The van der Waals surface area contributed by atoms with Crippen LogP contribution in [0.25, 0.3) is 45.1 Å². The van der Waals surface area contributed by atoms with Crippen LogP contribution >= 0.6 is 0 Å². The highest BCUT2D eigenvalue weighted by Crippen LogP contribution is 2.24. The largest absolute Gasteiger partial charge is 0.337 e. The maximum Gasteiger partial charge on any atom is 0.157 e. The lowest BCUT2D eigenvalue weighted by atomic mass is 10.2. The van der Waals surface area contributed by atoms with Crippen molar-refractivity contribution in [2.45, 2.75) is 13.8 Å². The average molecular weight is 339 g/mol. The lowest BCUT2D eigenvalue weighted by Gasteiger charge is -1.99. The Bertz CT molecular complexity index is 1170. The number of hydrogen-bond donors (Lipinski definition) is 2. The number of pyridine rings is 1. The second-order valence-corrected chi connectivity index (χ2v) is 6.62. The Morgan fingerprint density at radius 2 is 1.12 bits per heavy atom. The van der Waals surface area contributed by atoms with Gasteiger partial charge in [-0.15, -0.1) is 0 Å². The van der Waals surface area contributed by atoms with Crippen molar-refractivity contribution < 1.29 is 0 Å². The van der Waals surface area contributed by atoms with E-state index in [4.69, 9.17) is 4.98 Å². The Morgan fingerprint density at radius 1 is 0.615 bits per heavy atom. The van der Waals surface area contributed by atoms with Crippen molar-refractivity contribution in [3.05, 3.63) is 65.7 Å². The monoisotopic (exact) mass is 339 g/mol. The molecule has 0 atom stereocenters. The highest BCUT2D eigenvalue weighted by atomic mass is 15.0. The molecule has 2 aromatic carbocycles. The molecule has 0 amide bonds. The van der Waals surface area contributed by atoms with E-state index in [0.29, 0.717) is 0 Å². The van der Waals surface area contributed by atoms with Crippen molar-refractivity contribution in [2.24, 2.45) is 0 Å². The number of fused-ring (bicyclic) bond motifs is 2. The average Bonchev–Trinajstić information content (AvgIpc) is 3.25. The summed E-state index contributed by atoms with van der Waals surface area (Å²) in [6.45, 7) is 4.14. The number of aryl methyl sites for hydroxylation is 2. The summed E-state index contributed by atoms with van der Waals surface area (Å²) >= 11 is 0. The molecular weight excluding hydrogens is 322 g/mol. The van der Waals surface area contributed by atoms with E-state index in [9.17, 15) is 0 Å². The quantitative estimate of drug-likeness (QED) is 0.486. The molecule has 5 nitrogen and oxygen atoms in total. The van der Waals surface area contributed by atoms with Gasteiger partial charge in [-0.3, -0.25) is 0 Å². The Hall–Kier alpha value is -3.47. The third-order valence-corrected chi connectivity index (χ3v) is 4.51. The number of rotatable bonds is 2. The van der Waals surface area contributed by atoms with E-state index in [1.54, 1.807) is 0 Å². The summed E-state index contributed by atoms with van der Waals surface area (Å²) in [4.78, 5) is 20.8. The van der Waals surface area contributed by atoms with Gasteiger partial charge in [0.2, 0.25) is 0 Å². The zero-order valence-electron chi connectivity index (χ0n) is 14.5. The molecule has 3 aromatic heterocycles. The number of nitrogens with zero attached hydrogens (tertiary/aromatic N) is 3. The normalized spacial score (nSPS) is 11.5. The van der Waals surface area contributed by atoms with Gasteiger partial charge in [-0.05, 0) is 61.4 Å². The summed E-state index contributed by atoms with van der Waals surface area (Å²) in [5.74, 6) is 1.53. The predicted octanol–water partition coefficient (Wildman–Crippen LogP) is 4.79. The summed E-state index contributed by atoms with van der Waals surface area (Å²) in [5.41, 5.74) is 7.92. The van der Waals surface area contributed by atoms with Crippen molar-refractivity contribution >= 4 is 22.1 Å². The molecule has 5 aromatic rings. The fourth-order valence-corrected chi connectivity index (χ4v) is 3.19. The molecule has 26 heavy (non-hydrogen) atoms. The van der Waals surface area contributed by atoms with Crippen LogP contribution in [0.1, 0.15) is 11.1 Å². The standard InChI is InChI=1S/C21H17N5/c1-12-6-8-14-18(10-12)25-20(23-14)16-4-3-5-17(22-16)21-24-15-9-7-13(2)11-19(15)26-21/h3-11H,1-2H3,(H,23,25)(H,24,26). The number of imidazole rings is 2. The van der Waals surface area contributed by atoms with Crippen LogP contribution < -0.4 is 0 Å². The summed E-state index contributed by atoms with van der Waals surface area (Å²) in [6.07, 6.45) is 0. The molecule has 0 saturated heterocycles. The van der Waals surface area contributed by atoms with Crippen LogP contribution in [0.5, 0.6) is 0 Å². The van der Waals surface area contributed by atoms with Crippen molar-refractivity contribution in [2.75, 3.05) is 0 Å². The summed E-state index contributed by atoms with van der Waals surface area (Å²) < 4.78 is 0. The molecule has 3 heterocycles. The van der Waals surface area contributed by atoms with Gasteiger partial charge in [0.05, 0.1) is 22.1 Å². The Morgan fingerprint density at radius 3 is 1.62 bits per heavy atom. The molecule has 2 N–H and O–H groups in total. The minimum absolute atomic E-state index is 0.763. The molecule has 0 radical (unpaired) electrons. The zero-order valence-corrected chi connectivity index (χ0v) is 14.5. The molecular formula is C21H17N5. The van der Waals surface area contributed by atoms with Crippen LogP contribution in [0, 0.1) is 13.8 Å². The molecule has 0 aliphatic rings. The Labute approximate surface area is 150 Å². The lowest BCUT2D eigenvalue weighted by molar-refractivity contribution is 1.20. The van der Waals surface area contributed by atoms with Crippen LogP contribution in [-0.4, -0.2) is 24.9 Å². The second kappa shape index (κ2) is 5.52. The topological polar surface area (TPSA) is 70.2 Å². The number of nitrogens with one attached hydrogen (secondary N) is 2. The predicted molar refractivity (Wildman–Crippen MR) is 104 cm³/mol. The van der Waals surface area contributed by atoms with E-state index in [1.807, 2.05) is 30.3 Å². The molecule has 126 valence electrons. The summed E-state index contributed by atoms with van der Waals surface area (Å²) in [5, 5.41) is 0. The van der Waals surface area contributed by atoms with Crippen molar-refractivity contribution in [1.82, 2.24) is 24.9 Å². The fourth-order valence-electron chi connectivity index (χ4n) is 3.19. The zero-order chi connectivity index (χ0) is 17.7. The lowest BCUT2D eigenvalue weighted by Crippen LogP contribution is -1.90. The van der Waals surface area contributed by atoms with Gasteiger partial charge in [-0.25, -0.2) is 15.0 Å². The number of aromatic nitrogens is 5. The minimum atomic E-state index is 0.763. The Balaban J connectivity index is 1.60. The van der Waals surface area contributed by atoms with E-state index in [0.717, 1.165) is 45.1 Å². The number of benzene rings is 2. The van der Waals surface area contributed by atoms with Gasteiger partial charge in [0.1, 0.15) is 11.4 Å². The van der Waals surface area contributed by atoms with Crippen LogP contribution in [0.15, 0.2) is 54.6 Å². The highest BCUT2D eigenvalue weighted by molar-refractivity contribution is 5.81. The first kappa shape index (κ1) is 14.8. The maximum atomic E-state index is 4.76. The molecule has 0 spiro atoms. The molecule has 5 heteroatoms. The van der Waals surface area contributed by atoms with Crippen LogP contribution in [0.4, 0.5) is 0 Å². The third kappa shape index (κ3) is 2.45. The number of aromatic amines is 2. The van der Waals surface area contributed by atoms with Crippen LogP contribution in [0.3, 0.4) is 0 Å². The van der Waals surface area contributed by atoms with Gasteiger partial charge in [0.25, 0.3) is 0 Å². The Kier molecular flexibility index (Phi) is 3.15. The van der Waals surface area contributed by atoms with Gasteiger partial charge in [-0.1, -0.05) is 18.2 Å². The highest BCUT2D eigenvalue weighted by Gasteiger charge is 2.11. The van der Waals surface area contributed by atoms with Gasteiger partial charge < -0.3 is 9.97 Å². The van der Waals surface area contributed by atoms with E-state index < -0.39 is 0 Å². The first-order valence-corrected chi connectivity index (χ1v) is 8.56. The van der Waals surface area contributed by atoms with E-state index in [-0.39, 0.29) is 0 Å². The maximum absolute atomic E-state index is 4.76. The molecule has 0 unspecified atom stereocenters. The van der Waals surface area contributed by atoms with Gasteiger partial charge in [0.15, 0.2) is 11.6 Å². The third-order valence-electron chi connectivity index (χ3n) is 4.51. The van der Waals surface area contributed by atoms with Gasteiger partial charge >= 0.3 is 0 Å². The number of H-pyrrole nitrogens is 2. The molecule has 5 rings (SSSR count). The van der Waals surface area contributed by atoms with Crippen molar-refractivity contribution in [3.8, 4) is 23.0 Å². The van der Waals surface area contributed by atoms with Crippen LogP contribution in [0.2, 0.25) is 0 Å². The van der Waals surface area contributed by atoms with E-state index in [2.05, 4.69) is 58.0 Å². The first-order valence-electron chi connectivity index (χ1n) is 8.56. The first-order chi connectivity index (χ1) is 12.7. The molecule has 0 aliphatic carbocycles. The molecule has 0 fully saturated rings. The van der Waals surface area contributed by atoms with Gasteiger partial charge in [-0.2, -0.15) is 0 Å². The van der Waals surface area contributed by atoms with E-state index in [1.165, 1.54) is 11.1 Å².